The number of guanidine groups is 1. The molecule has 1 aromatic carbocycles. The van der Waals surface area contributed by atoms with Gasteiger partial charge in [-0.15, -0.1) is 0 Å². The zero-order chi connectivity index (χ0) is 22.0. The SMILES string of the molecule is CN=C(NCCCNC(=O)OC(C)(C)C)NCCc1nc(-c2cccc(Cl)c2)no1. The minimum atomic E-state index is -0.498. The van der Waals surface area contributed by atoms with E-state index >= 15 is 0 Å². The number of nitrogens with one attached hydrogen (secondary N) is 3. The number of ether oxygens (including phenoxy) is 1. The van der Waals surface area contributed by atoms with Crippen molar-refractivity contribution in [3.63, 3.8) is 0 Å². The first-order valence-corrected chi connectivity index (χ1v) is 10.1. The highest BCUT2D eigenvalue weighted by Gasteiger charge is 2.15. The predicted octanol–water partition coefficient (Wildman–Crippen LogP) is 3.01. The molecule has 1 heterocycles. The van der Waals surface area contributed by atoms with Gasteiger partial charge in [0, 0.05) is 43.7 Å². The van der Waals surface area contributed by atoms with Crippen molar-refractivity contribution in [3.05, 3.63) is 35.2 Å². The number of aliphatic imine (C=N–C) groups is 1. The van der Waals surface area contributed by atoms with Crippen molar-refractivity contribution < 1.29 is 14.1 Å². The van der Waals surface area contributed by atoms with Crippen LogP contribution in [-0.4, -0.2) is 54.5 Å². The van der Waals surface area contributed by atoms with Crippen LogP contribution >= 0.6 is 11.6 Å². The Bertz CT molecular complexity index is 847. The van der Waals surface area contributed by atoms with Gasteiger partial charge in [0.05, 0.1) is 0 Å². The van der Waals surface area contributed by atoms with Crippen LogP contribution in [-0.2, 0) is 11.2 Å². The molecule has 0 bridgehead atoms. The Balaban J connectivity index is 1.65. The number of carbonyl (C=O) groups is 1. The lowest BCUT2D eigenvalue weighted by Crippen LogP contribution is -2.40. The average molecular weight is 437 g/mol. The molecule has 0 aliphatic heterocycles. The van der Waals surface area contributed by atoms with Gasteiger partial charge in [-0.05, 0) is 39.3 Å². The number of hydrogen-bond donors (Lipinski definition) is 3. The molecular formula is C20H29ClN6O3. The highest BCUT2D eigenvalue weighted by molar-refractivity contribution is 6.30. The van der Waals surface area contributed by atoms with Gasteiger partial charge in [0.1, 0.15) is 5.60 Å². The highest BCUT2D eigenvalue weighted by Crippen LogP contribution is 2.19. The van der Waals surface area contributed by atoms with Crippen LogP contribution in [0.15, 0.2) is 33.8 Å². The molecule has 3 N–H and O–H groups in total. The molecule has 0 spiro atoms. The van der Waals surface area contributed by atoms with E-state index in [0.29, 0.717) is 48.8 Å². The summed E-state index contributed by atoms with van der Waals surface area (Å²) in [5.41, 5.74) is 0.310. The fraction of sp³-hybridized carbons (Fsp3) is 0.500. The van der Waals surface area contributed by atoms with Gasteiger partial charge < -0.3 is 25.2 Å². The lowest BCUT2D eigenvalue weighted by molar-refractivity contribution is 0.0527. The van der Waals surface area contributed by atoms with Gasteiger partial charge >= 0.3 is 6.09 Å². The third-order valence-electron chi connectivity index (χ3n) is 3.72. The number of hydrogen-bond acceptors (Lipinski definition) is 6. The zero-order valence-corrected chi connectivity index (χ0v) is 18.5. The number of alkyl carbamates (subject to hydrolysis) is 1. The summed E-state index contributed by atoms with van der Waals surface area (Å²) in [6.45, 7) is 7.22. The standard InChI is InChI=1S/C20H29ClN6O3/c1-20(2,3)29-19(28)25-11-6-10-23-18(22-4)24-12-9-16-26-17(27-30-16)14-7-5-8-15(21)13-14/h5,7-8,13H,6,9-12H2,1-4H3,(H,25,28)(H2,22,23,24). The predicted molar refractivity (Wildman–Crippen MR) is 117 cm³/mol. The second-order valence-corrected chi connectivity index (χ2v) is 7.92. The van der Waals surface area contributed by atoms with Gasteiger partial charge in [0.2, 0.25) is 11.7 Å². The third-order valence-corrected chi connectivity index (χ3v) is 3.96. The molecule has 0 saturated carbocycles. The van der Waals surface area contributed by atoms with Crippen molar-refractivity contribution in [2.75, 3.05) is 26.7 Å². The van der Waals surface area contributed by atoms with E-state index in [0.717, 1.165) is 12.0 Å². The average Bonchev–Trinajstić information content (AvgIpc) is 3.14. The minimum Gasteiger partial charge on any atom is -0.444 e. The van der Waals surface area contributed by atoms with Crippen LogP contribution in [0.25, 0.3) is 11.4 Å². The minimum absolute atomic E-state index is 0.415. The third kappa shape index (κ3) is 8.69. The first-order chi connectivity index (χ1) is 14.3. The summed E-state index contributed by atoms with van der Waals surface area (Å²) >= 11 is 5.99. The number of aromatic nitrogens is 2. The molecule has 10 heteroatoms. The van der Waals surface area contributed by atoms with Crippen LogP contribution in [0.4, 0.5) is 4.79 Å². The summed E-state index contributed by atoms with van der Waals surface area (Å²) in [7, 11) is 1.69. The molecule has 0 saturated heterocycles. The molecule has 164 valence electrons. The second-order valence-electron chi connectivity index (χ2n) is 7.48. The normalized spacial score (nSPS) is 11.8. The molecule has 9 nitrogen and oxygen atoms in total. The second kappa shape index (κ2) is 11.4. The Morgan fingerprint density at radius 1 is 1.20 bits per heavy atom. The fourth-order valence-electron chi connectivity index (χ4n) is 2.41. The largest absolute Gasteiger partial charge is 0.444 e. The van der Waals surface area contributed by atoms with Crippen LogP contribution in [0.1, 0.15) is 33.1 Å². The van der Waals surface area contributed by atoms with E-state index in [4.69, 9.17) is 20.9 Å². The van der Waals surface area contributed by atoms with Crippen molar-refractivity contribution in [1.82, 2.24) is 26.1 Å². The Kier molecular flexibility index (Phi) is 8.91. The Hall–Kier alpha value is -2.81. The summed E-state index contributed by atoms with van der Waals surface area (Å²) in [4.78, 5) is 20.1. The van der Waals surface area contributed by atoms with Crippen LogP contribution in [0.2, 0.25) is 5.02 Å². The van der Waals surface area contributed by atoms with Crippen molar-refractivity contribution in [3.8, 4) is 11.4 Å². The van der Waals surface area contributed by atoms with E-state index in [9.17, 15) is 4.79 Å². The van der Waals surface area contributed by atoms with E-state index in [1.54, 1.807) is 19.2 Å². The Morgan fingerprint density at radius 2 is 1.93 bits per heavy atom. The molecule has 2 rings (SSSR count). The molecule has 1 aromatic heterocycles. The van der Waals surface area contributed by atoms with Crippen LogP contribution in [0, 0.1) is 0 Å². The van der Waals surface area contributed by atoms with Crippen molar-refractivity contribution in [2.45, 2.75) is 39.2 Å². The summed E-state index contributed by atoms with van der Waals surface area (Å²) in [5, 5.41) is 13.7. The highest BCUT2D eigenvalue weighted by atomic mass is 35.5. The molecule has 0 unspecified atom stereocenters. The first-order valence-electron chi connectivity index (χ1n) is 9.77. The number of amides is 1. The molecule has 0 aliphatic carbocycles. The van der Waals surface area contributed by atoms with Gasteiger partial charge in [-0.25, -0.2) is 4.79 Å². The molecule has 0 aliphatic rings. The van der Waals surface area contributed by atoms with Crippen LogP contribution in [0.5, 0.6) is 0 Å². The molecule has 0 fully saturated rings. The lowest BCUT2D eigenvalue weighted by Gasteiger charge is -2.19. The summed E-state index contributed by atoms with van der Waals surface area (Å²) in [5.74, 6) is 1.68. The quantitative estimate of drug-likeness (QED) is 0.331. The zero-order valence-electron chi connectivity index (χ0n) is 17.8. The molecule has 1 amide bonds. The lowest BCUT2D eigenvalue weighted by atomic mass is 10.2. The van der Waals surface area contributed by atoms with E-state index in [1.165, 1.54) is 0 Å². The summed E-state index contributed by atoms with van der Waals surface area (Å²) < 4.78 is 10.5. The monoisotopic (exact) mass is 436 g/mol. The molecule has 0 radical (unpaired) electrons. The summed E-state index contributed by atoms with van der Waals surface area (Å²) in [6, 6.07) is 7.30. The van der Waals surface area contributed by atoms with Crippen molar-refractivity contribution in [2.24, 2.45) is 4.99 Å². The molecule has 30 heavy (non-hydrogen) atoms. The fourth-order valence-corrected chi connectivity index (χ4v) is 2.60. The number of carbonyl (C=O) groups excluding carboxylic acids is 1. The number of halogens is 1. The first kappa shape index (κ1) is 23.5. The maximum atomic E-state index is 11.6. The smallest absolute Gasteiger partial charge is 0.407 e. The van der Waals surface area contributed by atoms with Crippen LogP contribution in [0.3, 0.4) is 0 Å². The summed E-state index contributed by atoms with van der Waals surface area (Å²) in [6.07, 6.45) is 0.864. The number of benzene rings is 1. The van der Waals surface area contributed by atoms with E-state index in [-0.39, 0.29) is 0 Å². The van der Waals surface area contributed by atoms with E-state index in [2.05, 4.69) is 31.1 Å². The van der Waals surface area contributed by atoms with Crippen molar-refractivity contribution >= 4 is 23.7 Å². The van der Waals surface area contributed by atoms with Gasteiger partial charge in [-0.3, -0.25) is 4.99 Å². The van der Waals surface area contributed by atoms with Gasteiger partial charge in [0.25, 0.3) is 0 Å². The van der Waals surface area contributed by atoms with Gasteiger partial charge in [0.15, 0.2) is 5.96 Å². The van der Waals surface area contributed by atoms with Crippen LogP contribution < -0.4 is 16.0 Å². The molecule has 2 aromatic rings. The van der Waals surface area contributed by atoms with Gasteiger partial charge in [-0.1, -0.05) is 28.9 Å². The van der Waals surface area contributed by atoms with Crippen molar-refractivity contribution in [1.29, 1.82) is 0 Å². The Labute approximate surface area is 181 Å². The maximum Gasteiger partial charge on any atom is 0.407 e. The maximum absolute atomic E-state index is 11.6. The molecular weight excluding hydrogens is 408 g/mol. The topological polar surface area (TPSA) is 114 Å². The Morgan fingerprint density at radius 3 is 2.63 bits per heavy atom. The molecule has 0 atom stereocenters. The number of nitrogens with zero attached hydrogens (tertiary/aromatic N) is 3. The van der Waals surface area contributed by atoms with Gasteiger partial charge in [-0.2, -0.15) is 4.98 Å². The van der Waals surface area contributed by atoms with E-state index in [1.807, 2.05) is 32.9 Å². The number of rotatable bonds is 8. The van der Waals surface area contributed by atoms with E-state index < -0.39 is 11.7 Å².